The minimum atomic E-state index is -0.538. The van der Waals surface area contributed by atoms with Crippen LogP contribution in [0.2, 0.25) is 0 Å². The van der Waals surface area contributed by atoms with Gasteiger partial charge in [-0.1, -0.05) is 12.1 Å². The predicted molar refractivity (Wildman–Crippen MR) is 134 cm³/mol. The zero-order valence-corrected chi connectivity index (χ0v) is 21.0. The van der Waals surface area contributed by atoms with E-state index in [-0.39, 0.29) is 6.09 Å². The van der Waals surface area contributed by atoms with E-state index in [1.807, 2.05) is 45.9 Å². The van der Waals surface area contributed by atoms with Gasteiger partial charge in [0.25, 0.3) is 0 Å². The van der Waals surface area contributed by atoms with Crippen LogP contribution in [0.5, 0.6) is 5.75 Å². The SMILES string of the molecule is COc1cc(C)cc(C)c1-c1ccc2c(C)nc(C3=CCCN(C(=O)OC(C)(C)C)C3)nc2n1. The molecule has 178 valence electrons. The molecule has 0 saturated heterocycles. The molecule has 0 unspecified atom stereocenters. The highest BCUT2D eigenvalue weighted by atomic mass is 16.6. The minimum absolute atomic E-state index is 0.321. The number of hydrogen-bond donors (Lipinski definition) is 0. The Morgan fingerprint density at radius 3 is 2.53 bits per heavy atom. The summed E-state index contributed by atoms with van der Waals surface area (Å²) in [4.78, 5) is 28.7. The van der Waals surface area contributed by atoms with Crippen molar-refractivity contribution in [3.8, 4) is 17.0 Å². The number of carbonyl (C=O) groups excluding carboxylic acids is 1. The summed E-state index contributed by atoms with van der Waals surface area (Å²) in [6, 6.07) is 8.14. The number of amides is 1. The van der Waals surface area contributed by atoms with E-state index in [0.717, 1.165) is 51.2 Å². The first-order chi connectivity index (χ1) is 16.1. The van der Waals surface area contributed by atoms with E-state index in [1.165, 1.54) is 0 Å². The van der Waals surface area contributed by atoms with Crippen molar-refractivity contribution in [3.63, 3.8) is 0 Å². The van der Waals surface area contributed by atoms with Crippen LogP contribution < -0.4 is 4.74 Å². The van der Waals surface area contributed by atoms with Gasteiger partial charge in [0, 0.05) is 23.1 Å². The first-order valence-electron chi connectivity index (χ1n) is 11.5. The van der Waals surface area contributed by atoms with Crippen LogP contribution >= 0.6 is 0 Å². The average molecular weight is 461 g/mol. The topological polar surface area (TPSA) is 77.4 Å². The molecule has 0 spiro atoms. The molecule has 0 fully saturated rings. The Morgan fingerprint density at radius 1 is 1.06 bits per heavy atom. The van der Waals surface area contributed by atoms with Crippen molar-refractivity contribution in [1.82, 2.24) is 19.9 Å². The van der Waals surface area contributed by atoms with E-state index in [4.69, 9.17) is 24.4 Å². The van der Waals surface area contributed by atoms with Crippen molar-refractivity contribution < 1.29 is 14.3 Å². The van der Waals surface area contributed by atoms with Crippen molar-refractivity contribution in [2.45, 2.75) is 53.6 Å². The van der Waals surface area contributed by atoms with Crippen LogP contribution in [-0.2, 0) is 4.74 Å². The Kier molecular flexibility index (Phi) is 6.30. The number of aromatic nitrogens is 3. The van der Waals surface area contributed by atoms with Crippen molar-refractivity contribution in [3.05, 3.63) is 53.0 Å². The van der Waals surface area contributed by atoms with Gasteiger partial charge in [-0.2, -0.15) is 0 Å². The molecule has 4 rings (SSSR count). The first-order valence-corrected chi connectivity index (χ1v) is 11.5. The summed E-state index contributed by atoms with van der Waals surface area (Å²) in [5, 5.41) is 0.900. The fourth-order valence-electron chi connectivity index (χ4n) is 4.25. The number of ether oxygens (including phenoxy) is 2. The molecule has 34 heavy (non-hydrogen) atoms. The molecule has 0 radical (unpaired) electrons. The summed E-state index contributed by atoms with van der Waals surface area (Å²) in [5.74, 6) is 1.38. The quantitative estimate of drug-likeness (QED) is 0.503. The number of carbonyl (C=O) groups is 1. The lowest BCUT2D eigenvalue weighted by molar-refractivity contribution is 0.0273. The van der Waals surface area contributed by atoms with Gasteiger partial charge >= 0.3 is 6.09 Å². The van der Waals surface area contributed by atoms with Gasteiger partial charge < -0.3 is 14.4 Å². The van der Waals surface area contributed by atoms with Crippen LogP contribution in [0, 0.1) is 20.8 Å². The second kappa shape index (κ2) is 9.05. The third-order valence-electron chi connectivity index (χ3n) is 5.76. The third kappa shape index (κ3) is 4.88. The Morgan fingerprint density at radius 2 is 1.82 bits per heavy atom. The maximum Gasteiger partial charge on any atom is 0.410 e. The van der Waals surface area contributed by atoms with E-state index >= 15 is 0 Å². The number of fused-ring (bicyclic) bond motifs is 1. The largest absolute Gasteiger partial charge is 0.496 e. The van der Waals surface area contributed by atoms with E-state index < -0.39 is 5.60 Å². The Balaban J connectivity index is 1.71. The smallest absolute Gasteiger partial charge is 0.410 e. The predicted octanol–water partition coefficient (Wildman–Crippen LogP) is 5.65. The monoisotopic (exact) mass is 460 g/mol. The molecule has 0 N–H and O–H groups in total. The molecule has 2 aromatic heterocycles. The minimum Gasteiger partial charge on any atom is -0.496 e. The fourth-order valence-corrected chi connectivity index (χ4v) is 4.25. The number of methoxy groups -OCH3 is 1. The Bertz CT molecular complexity index is 1290. The van der Waals surface area contributed by atoms with Crippen molar-refractivity contribution in [2.24, 2.45) is 0 Å². The molecule has 3 aromatic rings. The molecule has 0 atom stereocenters. The van der Waals surface area contributed by atoms with Crippen molar-refractivity contribution in [1.29, 1.82) is 0 Å². The highest BCUT2D eigenvalue weighted by Gasteiger charge is 2.26. The summed E-state index contributed by atoms with van der Waals surface area (Å²) in [5.41, 5.74) is 5.83. The molecule has 1 aliphatic heterocycles. The normalized spacial score (nSPS) is 14.2. The second-order valence-corrected chi connectivity index (χ2v) is 9.78. The molecule has 1 aliphatic rings. The zero-order chi connectivity index (χ0) is 24.6. The first kappa shape index (κ1) is 23.7. The zero-order valence-electron chi connectivity index (χ0n) is 21.0. The van der Waals surface area contributed by atoms with Gasteiger partial charge in [0.05, 0.1) is 25.0 Å². The molecule has 3 heterocycles. The standard InChI is InChI=1S/C27H32N4O3/c1-16-13-17(2)23(22(14-16)33-7)21-11-10-20-18(3)28-24(30-25(20)29-21)19-9-8-12-31(15-19)26(32)34-27(4,5)6/h9-11,13-14H,8,12,15H2,1-7H3. The van der Waals surface area contributed by atoms with E-state index in [1.54, 1.807) is 12.0 Å². The number of pyridine rings is 1. The molecule has 0 aliphatic carbocycles. The Labute approximate surface area is 200 Å². The lowest BCUT2D eigenvalue weighted by Gasteiger charge is -2.30. The van der Waals surface area contributed by atoms with Gasteiger partial charge in [0.2, 0.25) is 0 Å². The van der Waals surface area contributed by atoms with Gasteiger partial charge in [0.15, 0.2) is 11.5 Å². The van der Waals surface area contributed by atoms with Gasteiger partial charge in [-0.3, -0.25) is 0 Å². The van der Waals surface area contributed by atoms with Gasteiger partial charge in [0.1, 0.15) is 11.4 Å². The summed E-state index contributed by atoms with van der Waals surface area (Å²) in [6.45, 7) is 12.7. The fraction of sp³-hybridized carbons (Fsp3) is 0.407. The van der Waals surface area contributed by atoms with E-state index in [2.05, 4.69) is 26.0 Å². The molecule has 7 heteroatoms. The van der Waals surface area contributed by atoms with Crippen LogP contribution in [0.15, 0.2) is 30.3 Å². The van der Waals surface area contributed by atoms with E-state index in [9.17, 15) is 4.79 Å². The molecule has 1 amide bonds. The highest BCUT2D eigenvalue weighted by molar-refractivity contribution is 5.84. The number of benzene rings is 1. The summed E-state index contributed by atoms with van der Waals surface area (Å²) in [7, 11) is 1.68. The number of rotatable bonds is 3. The lowest BCUT2D eigenvalue weighted by Crippen LogP contribution is -2.39. The molecular formula is C27H32N4O3. The van der Waals surface area contributed by atoms with Crippen LogP contribution in [0.1, 0.15) is 49.8 Å². The summed E-state index contributed by atoms with van der Waals surface area (Å²) in [6.07, 6.45) is 2.50. The number of hydrogen-bond acceptors (Lipinski definition) is 6. The molecule has 0 saturated carbocycles. The second-order valence-electron chi connectivity index (χ2n) is 9.78. The molecule has 7 nitrogen and oxygen atoms in total. The van der Waals surface area contributed by atoms with Crippen LogP contribution in [0.3, 0.4) is 0 Å². The number of nitrogens with zero attached hydrogens (tertiary/aromatic N) is 4. The maximum absolute atomic E-state index is 12.6. The van der Waals surface area contributed by atoms with E-state index in [0.29, 0.717) is 24.6 Å². The van der Waals surface area contributed by atoms with Gasteiger partial charge in [-0.15, -0.1) is 0 Å². The molecule has 0 bridgehead atoms. The van der Waals surface area contributed by atoms with Gasteiger partial charge in [-0.25, -0.2) is 19.7 Å². The van der Waals surface area contributed by atoms with Crippen LogP contribution in [-0.4, -0.2) is 51.7 Å². The highest BCUT2D eigenvalue weighted by Crippen LogP contribution is 2.34. The molecular weight excluding hydrogens is 428 g/mol. The number of aryl methyl sites for hydroxylation is 3. The van der Waals surface area contributed by atoms with Gasteiger partial charge in [-0.05, 0) is 77.3 Å². The average Bonchev–Trinajstić information content (AvgIpc) is 2.77. The Hall–Kier alpha value is -3.48. The maximum atomic E-state index is 12.6. The van der Waals surface area contributed by atoms with Crippen LogP contribution in [0.25, 0.3) is 27.9 Å². The van der Waals surface area contributed by atoms with Crippen molar-refractivity contribution in [2.75, 3.05) is 20.2 Å². The lowest BCUT2D eigenvalue weighted by atomic mass is 10.0. The van der Waals surface area contributed by atoms with Crippen LogP contribution in [0.4, 0.5) is 4.79 Å². The summed E-state index contributed by atoms with van der Waals surface area (Å²) >= 11 is 0. The molecule has 1 aromatic carbocycles. The summed E-state index contributed by atoms with van der Waals surface area (Å²) < 4.78 is 11.2. The third-order valence-corrected chi connectivity index (χ3v) is 5.76. The van der Waals surface area contributed by atoms with Crippen molar-refractivity contribution >= 4 is 22.7 Å².